The number of aromatic hydroxyl groups is 1. The lowest BCUT2D eigenvalue weighted by atomic mass is 10.3. The Bertz CT molecular complexity index is 353. The van der Waals surface area contributed by atoms with Crippen LogP contribution in [-0.2, 0) is 4.74 Å². The van der Waals surface area contributed by atoms with Gasteiger partial charge in [0, 0.05) is 13.0 Å². The number of methoxy groups -OCH3 is 1. The van der Waals surface area contributed by atoms with Crippen LogP contribution in [0.4, 0.5) is 0 Å². The summed E-state index contributed by atoms with van der Waals surface area (Å²) >= 11 is 0.926. The van der Waals surface area contributed by atoms with Crippen molar-refractivity contribution in [3.63, 3.8) is 0 Å². The molecule has 1 rings (SSSR count). The second-order valence-corrected chi connectivity index (χ2v) is 3.42. The first kappa shape index (κ1) is 9.73. The highest BCUT2D eigenvalue weighted by Gasteiger charge is 2.16. The lowest BCUT2D eigenvalue weighted by molar-refractivity contribution is 0.0606. The van der Waals surface area contributed by atoms with Gasteiger partial charge >= 0.3 is 5.97 Å². The molecule has 0 saturated heterocycles. The summed E-state index contributed by atoms with van der Waals surface area (Å²) in [4.78, 5) is 22.3. The molecule has 0 aliphatic carbocycles. The molecule has 1 N–H and O–H groups in total. The molecule has 0 fully saturated rings. The second-order valence-electron chi connectivity index (χ2n) is 2.37. The van der Waals surface area contributed by atoms with Crippen molar-refractivity contribution in [2.45, 2.75) is 6.92 Å². The summed E-state index contributed by atoms with van der Waals surface area (Å²) in [6.45, 7) is 1.33. The van der Waals surface area contributed by atoms with Crippen molar-refractivity contribution in [2.75, 3.05) is 7.11 Å². The van der Waals surface area contributed by atoms with E-state index in [0.29, 0.717) is 0 Å². The Morgan fingerprint density at radius 3 is 2.54 bits per heavy atom. The van der Waals surface area contributed by atoms with Crippen LogP contribution in [0.1, 0.15) is 26.3 Å². The van der Waals surface area contributed by atoms with E-state index in [1.165, 1.54) is 20.1 Å². The fourth-order valence-electron chi connectivity index (χ4n) is 0.835. The number of Topliss-reactive ketones (excluding diaryl/α,β-unsaturated/α-hetero) is 1. The predicted molar refractivity (Wildman–Crippen MR) is 47.3 cm³/mol. The van der Waals surface area contributed by atoms with E-state index in [4.69, 9.17) is 0 Å². The highest BCUT2D eigenvalue weighted by molar-refractivity contribution is 7.16. The Kier molecular flexibility index (Phi) is 2.67. The summed E-state index contributed by atoms with van der Waals surface area (Å²) in [5.41, 5.74) is 0. The van der Waals surface area contributed by atoms with Gasteiger partial charge in [-0.3, -0.25) is 4.79 Å². The van der Waals surface area contributed by atoms with Crippen LogP contribution in [0.3, 0.4) is 0 Å². The van der Waals surface area contributed by atoms with Gasteiger partial charge in [0.15, 0.2) is 5.78 Å². The third-order valence-corrected chi connectivity index (χ3v) is 2.62. The van der Waals surface area contributed by atoms with Crippen molar-refractivity contribution in [3.05, 3.63) is 15.8 Å². The number of thiophene rings is 1. The van der Waals surface area contributed by atoms with E-state index < -0.39 is 5.97 Å². The molecule has 0 bridgehead atoms. The molecule has 1 heterocycles. The van der Waals surface area contributed by atoms with E-state index in [9.17, 15) is 14.7 Å². The van der Waals surface area contributed by atoms with E-state index in [1.54, 1.807) is 0 Å². The van der Waals surface area contributed by atoms with Crippen molar-refractivity contribution >= 4 is 23.1 Å². The van der Waals surface area contributed by atoms with Gasteiger partial charge in [-0.05, 0) is 0 Å². The minimum absolute atomic E-state index is 0.169. The zero-order chi connectivity index (χ0) is 10.0. The molecular formula is C8H8O4S. The van der Waals surface area contributed by atoms with Gasteiger partial charge < -0.3 is 9.84 Å². The van der Waals surface area contributed by atoms with Crippen molar-refractivity contribution in [2.24, 2.45) is 0 Å². The van der Waals surface area contributed by atoms with Gasteiger partial charge in [0.05, 0.1) is 7.11 Å². The lowest BCUT2D eigenvalue weighted by Crippen LogP contribution is -1.96. The largest absolute Gasteiger partial charge is 0.506 e. The second kappa shape index (κ2) is 3.57. The van der Waals surface area contributed by atoms with Crippen LogP contribution in [0.15, 0.2) is 6.07 Å². The van der Waals surface area contributed by atoms with Gasteiger partial charge in [-0.25, -0.2) is 4.79 Å². The predicted octanol–water partition coefficient (Wildman–Crippen LogP) is 1.44. The highest BCUT2D eigenvalue weighted by atomic mass is 32.1. The fourth-order valence-corrected chi connectivity index (χ4v) is 1.70. The van der Waals surface area contributed by atoms with Crippen LogP contribution in [0.2, 0.25) is 0 Å². The zero-order valence-corrected chi connectivity index (χ0v) is 7.97. The molecule has 0 radical (unpaired) electrons. The van der Waals surface area contributed by atoms with E-state index in [0.717, 1.165) is 11.3 Å². The lowest BCUT2D eigenvalue weighted by Gasteiger charge is -1.90. The summed E-state index contributed by atoms with van der Waals surface area (Å²) in [6, 6.07) is 1.23. The Balaban J connectivity index is 3.09. The molecule has 0 saturated carbocycles. The molecule has 0 aromatic carbocycles. The van der Waals surface area contributed by atoms with Crippen LogP contribution in [0.5, 0.6) is 5.75 Å². The van der Waals surface area contributed by atoms with Crippen LogP contribution in [0, 0.1) is 0 Å². The van der Waals surface area contributed by atoms with Gasteiger partial charge in [-0.1, -0.05) is 0 Å². The van der Waals surface area contributed by atoms with E-state index in [2.05, 4.69) is 4.74 Å². The smallest absolute Gasteiger partial charge is 0.348 e. The zero-order valence-electron chi connectivity index (χ0n) is 7.16. The monoisotopic (exact) mass is 200 g/mol. The molecule has 13 heavy (non-hydrogen) atoms. The molecule has 70 valence electrons. The normalized spacial score (nSPS) is 9.69. The quantitative estimate of drug-likeness (QED) is 0.579. The summed E-state index contributed by atoms with van der Waals surface area (Å²) in [5.74, 6) is -0.983. The third kappa shape index (κ3) is 1.86. The minimum Gasteiger partial charge on any atom is -0.506 e. The first-order valence-corrected chi connectivity index (χ1v) is 4.30. The number of hydrogen-bond donors (Lipinski definition) is 1. The minimum atomic E-state index is -0.548. The molecule has 1 aromatic rings. The number of ketones is 1. The SMILES string of the molecule is COC(=O)c1cc(O)c(C(C)=O)s1. The molecule has 0 aliphatic rings. The Hall–Kier alpha value is -1.36. The number of carbonyl (C=O) groups excluding carboxylic acids is 2. The number of rotatable bonds is 2. The van der Waals surface area contributed by atoms with Crippen molar-refractivity contribution in [3.8, 4) is 5.75 Å². The molecule has 0 unspecified atom stereocenters. The first-order chi connectivity index (χ1) is 6.06. The van der Waals surface area contributed by atoms with Gasteiger partial charge in [-0.2, -0.15) is 0 Å². The molecule has 0 amide bonds. The summed E-state index contributed by atoms with van der Waals surface area (Å²) in [6.07, 6.45) is 0. The topological polar surface area (TPSA) is 63.6 Å². The molecular weight excluding hydrogens is 192 g/mol. The highest BCUT2D eigenvalue weighted by Crippen LogP contribution is 2.28. The maximum Gasteiger partial charge on any atom is 0.348 e. The van der Waals surface area contributed by atoms with Gasteiger partial charge in [-0.15, -0.1) is 11.3 Å². The van der Waals surface area contributed by atoms with E-state index >= 15 is 0 Å². The van der Waals surface area contributed by atoms with Crippen LogP contribution in [0.25, 0.3) is 0 Å². The Labute approximate surface area is 78.8 Å². The average Bonchev–Trinajstić information content (AvgIpc) is 2.46. The summed E-state index contributed by atoms with van der Waals surface area (Å²) < 4.78 is 4.43. The molecule has 1 aromatic heterocycles. The van der Waals surface area contributed by atoms with Crippen molar-refractivity contribution in [1.82, 2.24) is 0 Å². The molecule has 0 aliphatic heterocycles. The number of hydrogen-bond acceptors (Lipinski definition) is 5. The molecule has 0 atom stereocenters. The molecule has 0 spiro atoms. The maximum absolute atomic E-state index is 11.0. The molecule has 5 heteroatoms. The van der Waals surface area contributed by atoms with Crippen LogP contribution >= 0.6 is 11.3 Å². The van der Waals surface area contributed by atoms with Gasteiger partial charge in [0.1, 0.15) is 15.5 Å². The van der Waals surface area contributed by atoms with E-state index in [1.807, 2.05) is 0 Å². The first-order valence-electron chi connectivity index (χ1n) is 3.48. The Morgan fingerprint density at radius 1 is 1.54 bits per heavy atom. The number of ether oxygens (including phenoxy) is 1. The summed E-state index contributed by atoms with van der Waals surface area (Å²) in [7, 11) is 1.24. The summed E-state index contributed by atoms with van der Waals surface area (Å²) in [5, 5.41) is 9.23. The third-order valence-electron chi connectivity index (χ3n) is 1.42. The van der Waals surface area contributed by atoms with Gasteiger partial charge in [0.25, 0.3) is 0 Å². The van der Waals surface area contributed by atoms with Crippen LogP contribution in [-0.4, -0.2) is 24.0 Å². The average molecular weight is 200 g/mol. The standard InChI is InChI=1S/C8H8O4S/c1-4(9)7-5(10)3-6(13-7)8(11)12-2/h3,10H,1-2H3. The number of esters is 1. The fraction of sp³-hybridized carbons (Fsp3) is 0.250. The Morgan fingerprint density at radius 2 is 2.15 bits per heavy atom. The van der Waals surface area contributed by atoms with E-state index in [-0.39, 0.29) is 21.3 Å². The number of carbonyl (C=O) groups is 2. The van der Waals surface area contributed by atoms with Gasteiger partial charge in [0.2, 0.25) is 0 Å². The maximum atomic E-state index is 11.0. The van der Waals surface area contributed by atoms with Crippen molar-refractivity contribution < 1.29 is 19.4 Å². The molecule has 4 nitrogen and oxygen atoms in total. The van der Waals surface area contributed by atoms with Crippen molar-refractivity contribution in [1.29, 1.82) is 0 Å². The van der Waals surface area contributed by atoms with Crippen LogP contribution < -0.4 is 0 Å².